The summed E-state index contributed by atoms with van der Waals surface area (Å²) in [7, 11) is 0. The van der Waals surface area contributed by atoms with E-state index >= 15 is 0 Å². The average molecular weight is 287 g/mol. The van der Waals surface area contributed by atoms with E-state index in [1.165, 1.54) is 53.5 Å². The van der Waals surface area contributed by atoms with Crippen LogP contribution in [0.5, 0.6) is 0 Å². The fraction of sp³-hybridized carbons (Fsp3) is 0.700. The van der Waals surface area contributed by atoms with Gasteiger partial charge in [-0.3, -0.25) is 0 Å². The Labute approximate surface area is 131 Å². The molecule has 1 aliphatic carbocycles. The highest BCUT2D eigenvalue weighted by Gasteiger charge is 2.39. The highest BCUT2D eigenvalue weighted by molar-refractivity contribution is 5.51. The Morgan fingerprint density at radius 1 is 0.857 bits per heavy atom. The van der Waals surface area contributed by atoms with E-state index < -0.39 is 0 Å². The molecule has 0 aromatic heterocycles. The second-order valence-electron chi connectivity index (χ2n) is 7.39. The zero-order chi connectivity index (χ0) is 15.8. The zero-order valence-corrected chi connectivity index (χ0v) is 15.1. The van der Waals surface area contributed by atoms with Crippen LogP contribution in [0, 0.1) is 40.0 Å². The molecule has 1 aliphatic rings. The lowest BCUT2D eigenvalue weighted by Crippen LogP contribution is -2.36. The Balaban J connectivity index is 2.61. The Morgan fingerprint density at radius 3 is 1.71 bits per heavy atom. The second kappa shape index (κ2) is 6.12. The van der Waals surface area contributed by atoms with Gasteiger partial charge in [-0.05, 0) is 92.8 Å². The summed E-state index contributed by atoms with van der Waals surface area (Å²) < 4.78 is 0. The van der Waals surface area contributed by atoms with Gasteiger partial charge in [0, 0.05) is 6.04 Å². The minimum absolute atomic E-state index is 0.416. The molecule has 118 valence electrons. The van der Waals surface area contributed by atoms with Gasteiger partial charge >= 0.3 is 0 Å². The van der Waals surface area contributed by atoms with Gasteiger partial charge < -0.3 is 5.32 Å². The van der Waals surface area contributed by atoms with E-state index in [-0.39, 0.29) is 0 Å². The largest absolute Gasteiger partial charge is 0.310 e. The summed E-state index contributed by atoms with van der Waals surface area (Å²) in [6, 6.07) is 0.503. The molecule has 0 bridgehead atoms. The number of rotatable bonds is 4. The van der Waals surface area contributed by atoms with Crippen LogP contribution in [0.4, 0.5) is 0 Å². The van der Waals surface area contributed by atoms with Crippen molar-refractivity contribution in [3.63, 3.8) is 0 Å². The van der Waals surface area contributed by atoms with Gasteiger partial charge in [0.15, 0.2) is 0 Å². The second-order valence-corrected chi connectivity index (χ2v) is 7.39. The molecule has 2 rings (SSSR count). The molecule has 1 atom stereocenters. The highest BCUT2D eigenvalue weighted by atomic mass is 14.9. The predicted octanol–water partition coefficient (Wildman–Crippen LogP) is 5.46. The van der Waals surface area contributed by atoms with Crippen molar-refractivity contribution in [2.24, 2.45) is 5.41 Å². The molecule has 1 heteroatoms. The van der Waals surface area contributed by atoms with Crippen LogP contribution in [-0.2, 0) is 0 Å². The zero-order valence-electron chi connectivity index (χ0n) is 15.1. The van der Waals surface area contributed by atoms with Crippen molar-refractivity contribution in [3.8, 4) is 0 Å². The average Bonchev–Trinajstić information content (AvgIpc) is 2.90. The van der Waals surface area contributed by atoms with Crippen molar-refractivity contribution in [2.75, 3.05) is 6.54 Å². The summed E-state index contributed by atoms with van der Waals surface area (Å²) in [6.45, 7) is 17.3. The number of hydrogen-bond acceptors (Lipinski definition) is 1. The maximum atomic E-state index is 3.84. The molecule has 0 aliphatic heterocycles. The first-order valence-electron chi connectivity index (χ1n) is 8.63. The van der Waals surface area contributed by atoms with Crippen molar-refractivity contribution in [1.82, 2.24) is 5.32 Å². The molecule has 1 aromatic rings. The summed E-state index contributed by atoms with van der Waals surface area (Å²) in [5, 5.41) is 3.84. The lowest BCUT2D eigenvalue weighted by Gasteiger charge is -2.38. The van der Waals surface area contributed by atoms with Crippen LogP contribution in [0.25, 0.3) is 0 Å². The molecule has 1 fully saturated rings. The van der Waals surface area contributed by atoms with Crippen molar-refractivity contribution >= 4 is 0 Å². The Bertz CT molecular complexity index is 492. The summed E-state index contributed by atoms with van der Waals surface area (Å²) in [5.41, 5.74) is 9.46. The molecule has 1 aromatic carbocycles. The molecule has 21 heavy (non-hydrogen) atoms. The monoisotopic (exact) mass is 287 g/mol. The first-order valence-corrected chi connectivity index (χ1v) is 8.63. The van der Waals surface area contributed by atoms with Crippen LogP contribution in [0.15, 0.2) is 0 Å². The minimum atomic E-state index is 0.416. The smallest absolute Gasteiger partial charge is 0.0379 e. The van der Waals surface area contributed by atoms with E-state index in [2.05, 4.69) is 53.8 Å². The van der Waals surface area contributed by atoms with Crippen LogP contribution in [-0.4, -0.2) is 6.54 Å². The van der Waals surface area contributed by atoms with Crippen molar-refractivity contribution in [1.29, 1.82) is 0 Å². The molecule has 0 amide bonds. The molecule has 1 N–H and O–H groups in total. The Morgan fingerprint density at radius 2 is 1.29 bits per heavy atom. The summed E-state index contributed by atoms with van der Waals surface area (Å²) >= 11 is 0. The lowest BCUT2D eigenvalue weighted by atomic mass is 9.73. The van der Waals surface area contributed by atoms with E-state index in [1.807, 2.05) is 0 Å². The van der Waals surface area contributed by atoms with Crippen LogP contribution >= 0.6 is 0 Å². The Hall–Kier alpha value is -0.820. The molecular formula is C20H33N. The fourth-order valence-corrected chi connectivity index (χ4v) is 4.33. The highest BCUT2D eigenvalue weighted by Crippen LogP contribution is 2.49. The summed E-state index contributed by atoms with van der Waals surface area (Å²) in [4.78, 5) is 0. The van der Waals surface area contributed by atoms with Gasteiger partial charge in [-0.1, -0.05) is 26.7 Å². The summed E-state index contributed by atoms with van der Waals surface area (Å²) in [5.74, 6) is 0. The topological polar surface area (TPSA) is 12.0 Å². The normalized spacial score (nSPS) is 19.0. The SMILES string of the molecule is CCNC(c1c(C)c(C)c(C)c(C)c1C)C1(C)CCCC1. The molecule has 1 saturated carbocycles. The maximum Gasteiger partial charge on any atom is 0.0379 e. The van der Waals surface area contributed by atoms with Crippen LogP contribution in [0.2, 0.25) is 0 Å². The lowest BCUT2D eigenvalue weighted by molar-refractivity contribution is 0.224. The fourth-order valence-electron chi connectivity index (χ4n) is 4.33. The molecule has 0 heterocycles. The summed E-state index contributed by atoms with van der Waals surface area (Å²) in [6.07, 6.45) is 5.49. The van der Waals surface area contributed by atoms with Gasteiger partial charge in [0.2, 0.25) is 0 Å². The Kier molecular flexibility index (Phi) is 4.82. The van der Waals surface area contributed by atoms with E-state index in [1.54, 1.807) is 5.56 Å². The molecular weight excluding hydrogens is 254 g/mol. The number of benzene rings is 1. The molecule has 1 nitrogen and oxygen atoms in total. The van der Waals surface area contributed by atoms with E-state index in [9.17, 15) is 0 Å². The minimum Gasteiger partial charge on any atom is -0.310 e. The molecule has 0 spiro atoms. The van der Waals surface area contributed by atoms with E-state index in [4.69, 9.17) is 0 Å². The number of nitrogens with one attached hydrogen (secondary N) is 1. The quantitative estimate of drug-likeness (QED) is 0.775. The van der Waals surface area contributed by atoms with Crippen molar-refractivity contribution < 1.29 is 0 Å². The third-order valence-electron chi connectivity index (χ3n) is 6.20. The van der Waals surface area contributed by atoms with Crippen molar-refractivity contribution in [3.05, 3.63) is 33.4 Å². The van der Waals surface area contributed by atoms with Crippen molar-refractivity contribution in [2.45, 2.75) is 80.2 Å². The number of hydrogen-bond donors (Lipinski definition) is 1. The van der Waals surface area contributed by atoms with Crippen LogP contribution in [0.1, 0.15) is 79.0 Å². The third-order valence-corrected chi connectivity index (χ3v) is 6.20. The van der Waals surface area contributed by atoms with Crippen LogP contribution in [0.3, 0.4) is 0 Å². The van der Waals surface area contributed by atoms with E-state index in [0.717, 1.165) is 6.54 Å². The van der Waals surface area contributed by atoms with Gasteiger partial charge in [0.1, 0.15) is 0 Å². The first-order chi connectivity index (χ1) is 9.83. The third kappa shape index (κ3) is 2.77. The molecule has 0 saturated heterocycles. The standard InChI is InChI=1S/C20H33N/c1-8-21-19(20(7)11-9-10-12-20)18-16(5)14(3)13(2)15(4)17(18)6/h19,21H,8-12H2,1-7H3. The first kappa shape index (κ1) is 16.5. The molecule has 1 unspecified atom stereocenters. The van der Waals surface area contributed by atoms with Crippen LogP contribution < -0.4 is 5.32 Å². The van der Waals surface area contributed by atoms with Gasteiger partial charge in [-0.2, -0.15) is 0 Å². The van der Waals surface area contributed by atoms with Gasteiger partial charge in [0.05, 0.1) is 0 Å². The predicted molar refractivity (Wildman–Crippen MR) is 93.1 cm³/mol. The van der Waals surface area contributed by atoms with Gasteiger partial charge in [-0.15, -0.1) is 0 Å². The maximum absolute atomic E-state index is 3.84. The van der Waals surface area contributed by atoms with Gasteiger partial charge in [0.25, 0.3) is 0 Å². The van der Waals surface area contributed by atoms with Gasteiger partial charge in [-0.25, -0.2) is 0 Å². The molecule has 0 radical (unpaired) electrons. The van der Waals surface area contributed by atoms with E-state index in [0.29, 0.717) is 11.5 Å².